The van der Waals surface area contributed by atoms with Crippen molar-refractivity contribution in [3.63, 3.8) is 0 Å². The Morgan fingerprint density at radius 1 is 1.59 bits per heavy atom. The molecule has 0 radical (unpaired) electrons. The molecular formula is C9H11N3O4S. The summed E-state index contributed by atoms with van der Waals surface area (Å²) in [4.78, 5) is 21.6. The van der Waals surface area contributed by atoms with Gasteiger partial charge in [0.25, 0.3) is 5.69 Å². The molecule has 0 atom stereocenters. The zero-order chi connectivity index (χ0) is 12.8. The van der Waals surface area contributed by atoms with Gasteiger partial charge in [0.15, 0.2) is 0 Å². The van der Waals surface area contributed by atoms with Crippen LogP contribution in [0, 0.1) is 10.1 Å². The summed E-state index contributed by atoms with van der Waals surface area (Å²) in [6.07, 6.45) is 0. The molecule has 3 N–H and O–H groups in total. The molecule has 0 bridgehead atoms. The van der Waals surface area contributed by atoms with Crippen molar-refractivity contribution in [2.24, 2.45) is 5.84 Å². The first-order chi connectivity index (χ1) is 8.06. The second kappa shape index (κ2) is 6.06. The van der Waals surface area contributed by atoms with Gasteiger partial charge in [0.2, 0.25) is 0 Å². The fourth-order valence-electron chi connectivity index (χ4n) is 1.06. The van der Waals surface area contributed by atoms with Crippen LogP contribution in [-0.4, -0.2) is 23.8 Å². The van der Waals surface area contributed by atoms with Gasteiger partial charge in [-0.3, -0.25) is 20.8 Å². The number of carbonyl (C=O) groups excluding carboxylic acids is 1. The minimum atomic E-state index is -0.525. The van der Waals surface area contributed by atoms with Gasteiger partial charge in [0.1, 0.15) is 0 Å². The summed E-state index contributed by atoms with van der Waals surface area (Å²) < 4.78 is 4.47. The first-order valence-electron chi connectivity index (χ1n) is 4.52. The Hall–Kier alpha value is -1.80. The standard InChI is InChI=1S/C9H11N3O4S/c1-16-9(13)5-17-8-3-6(11-10)2-7(4-8)12(14)15/h2-4,11H,5,10H2,1H3. The van der Waals surface area contributed by atoms with Crippen LogP contribution in [0.3, 0.4) is 0 Å². The molecule has 0 aliphatic carbocycles. The van der Waals surface area contributed by atoms with Crippen LogP contribution >= 0.6 is 11.8 Å². The predicted octanol–water partition coefficient (Wildman–Crippen LogP) is 1.15. The van der Waals surface area contributed by atoms with E-state index >= 15 is 0 Å². The molecule has 0 saturated heterocycles. The summed E-state index contributed by atoms with van der Waals surface area (Å²) in [6.45, 7) is 0. The number of nitrogens with two attached hydrogens (primary N) is 1. The summed E-state index contributed by atoms with van der Waals surface area (Å²) in [5, 5.41) is 10.7. The summed E-state index contributed by atoms with van der Waals surface area (Å²) in [7, 11) is 1.28. The third-order valence-electron chi connectivity index (χ3n) is 1.85. The normalized spacial score (nSPS) is 9.76. The van der Waals surface area contributed by atoms with Gasteiger partial charge in [0, 0.05) is 17.0 Å². The number of hydrazine groups is 1. The Bertz CT molecular complexity index is 438. The van der Waals surface area contributed by atoms with Gasteiger partial charge in [-0.15, -0.1) is 11.8 Å². The Balaban J connectivity index is 2.87. The molecule has 0 amide bonds. The highest BCUT2D eigenvalue weighted by Gasteiger charge is 2.11. The Morgan fingerprint density at radius 3 is 2.82 bits per heavy atom. The zero-order valence-corrected chi connectivity index (χ0v) is 9.82. The number of hydrogen-bond donors (Lipinski definition) is 2. The van der Waals surface area contributed by atoms with E-state index in [0.29, 0.717) is 10.6 Å². The third-order valence-corrected chi connectivity index (χ3v) is 2.80. The number of nitrogens with zero attached hydrogens (tertiary/aromatic N) is 1. The van der Waals surface area contributed by atoms with Gasteiger partial charge in [0.05, 0.1) is 23.5 Å². The number of hydrogen-bond acceptors (Lipinski definition) is 7. The maximum atomic E-state index is 10.9. The molecule has 17 heavy (non-hydrogen) atoms. The van der Waals surface area contributed by atoms with Crippen LogP contribution in [0.2, 0.25) is 0 Å². The van der Waals surface area contributed by atoms with Crippen molar-refractivity contribution in [1.29, 1.82) is 0 Å². The van der Waals surface area contributed by atoms with Gasteiger partial charge >= 0.3 is 5.97 Å². The molecule has 7 nitrogen and oxygen atoms in total. The minimum Gasteiger partial charge on any atom is -0.468 e. The Kier molecular flexibility index (Phi) is 4.73. The number of esters is 1. The minimum absolute atomic E-state index is 0.0850. The molecule has 0 aliphatic heterocycles. The van der Waals surface area contributed by atoms with Gasteiger partial charge in [-0.1, -0.05) is 0 Å². The van der Waals surface area contributed by atoms with Crippen molar-refractivity contribution in [2.45, 2.75) is 4.90 Å². The van der Waals surface area contributed by atoms with Crippen LogP contribution in [0.15, 0.2) is 23.1 Å². The van der Waals surface area contributed by atoms with E-state index in [4.69, 9.17) is 5.84 Å². The van der Waals surface area contributed by atoms with Gasteiger partial charge in [-0.05, 0) is 6.07 Å². The highest BCUT2D eigenvalue weighted by molar-refractivity contribution is 8.00. The molecule has 0 heterocycles. The Morgan fingerprint density at radius 2 is 2.29 bits per heavy atom. The van der Waals surface area contributed by atoms with E-state index in [1.807, 2.05) is 0 Å². The Labute approximate surface area is 101 Å². The molecule has 0 aliphatic rings. The number of methoxy groups -OCH3 is 1. The number of nitro benzene ring substituents is 1. The van der Waals surface area contributed by atoms with E-state index in [0.717, 1.165) is 11.8 Å². The molecule has 0 saturated carbocycles. The average Bonchev–Trinajstić information content (AvgIpc) is 2.35. The van der Waals surface area contributed by atoms with E-state index in [1.54, 1.807) is 6.07 Å². The van der Waals surface area contributed by atoms with Crippen LogP contribution in [0.25, 0.3) is 0 Å². The van der Waals surface area contributed by atoms with Crippen LogP contribution in [0.1, 0.15) is 0 Å². The number of rotatable bonds is 5. The number of nitro groups is 1. The smallest absolute Gasteiger partial charge is 0.315 e. The second-order valence-corrected chi connectivity index (χ2v) is 4.03. The lowest BCUT2D eigenvalue weighted by Gasteiger charge is -2.04. The van der Waals surface area contributed by atoms with Crippen molar-refractivity contribution < 1.29 is 14.5 Å². The molecule has 1 rings (SSSR count). The maximum Gasteiger partial charge on any atom is 0.315 e. The fourth-order valence-corrected chi connectivity index (χ4v) is 1.87. The summed E-state index contributed by atoms with van der Waals surface area (Å²) >= 11 is 1.14. The molecule has 0 aromatic heterocycles. The molecular weight excluding hydrogens is 246 g/mol. The number of ether oxygens (including phenoxy) is 1. The summed E-state index contributed by atoms with van der Waals surface area (Å²) in [5.74, 6) is 4.88. The first-order valence-corrected chi connectivity index (χ1v) is 5.51. The topological polar surface area (TPSA) is 107 Å². The highest BCUT2D eigenvalue weighted by Crippen LogP contribution is 2.27. The lowest BCUT2D eigenvalue weighted by Crippen LogP contribution is -2.07. The highest BCUT2D eigenvalue weighted by atomic mass is 32.2. The molecule has 8 heteroatoms. The lowest BCUT2D eigenvalue weighted by molar-refractivity contribution is -0.385. The average molecular weight is 257 g/mol. The van der Waals surface area contributed by atoms with Crippen LogP contribution in [-0.2, 0) is 9.53 Å². The van der Waals surface area contributed by atoms with Gasteiger partial charge in [-0.25, -0.2) is 0 Å². The van der Waals surface area contributed by atoms with Gasteiger partial charge in [-0.2, -0.15) is 0 Å². The van der Waals surface area contributed by atoms with Crippen LogP contribution in [0.5, 0.6) is 0 Å². The van der Waals surface area contributed by atoms with E-state index < -0.39 is 10.9 Å². The molecule has 1 aromatic carbocycles. The van der Waals surface area contributed by atoms with Crippen molar-refractivity contribution in [3.8, 4) is 0 Å². The van der Waals surface area contributed by atoms with Crippen LogP contribution in [0.4, 0.5) is 11.4 Å². The lowest BCUT2D eigenvalue weighted by atomic mass is 10.3. The third kappa shape index (κ3) is 3.93. The number of anilines is 1. The van der Waals surface area contributed by atoms with E-state index in [1.165, 1.54) is 19.2 Å². The molecule has 1 aromatic rings. The first kappa shape index (κ1) is 13.3. The maximum absolute atomic E-state index is 10.9. The number of nitrogens with one attached hydrogen (secondary N) is 1. The van der Waals surface area contributed by atoms with Crippen molar-refractivity contribution in [2.75, 3.05) is 18.3 Å². The summed E-state index contributed by atoms with van der Waals surface area (Å²) in [5.41, 5.74) is 2.65. The van der Waals surface area contributed by atoms with Crippen molar-refractivity contribution in [3.05, 3.63) is 28.3 Å². The quantitative estimate of drug-likeness (QED) is 0.268. The fraction of sp³-hybridized carbons (Fsp3) is 0.222. The van der Waals surface area contributed by atoms with Crippen molar-refractivity contribution >= 4 is 29.1 Å². The SMILES string of the molecule is COC(=O)CSc1cc(NN)cc([N+](=O)[O-])c1. The number of nitrogen functional groups attached to an aromatic ring is 1. The van der Waals surface area contributed by atoms with E-state index in [2.05, 4.69) is 10.2 Å². The number of non-ortho nitro benzene ring substituents is 1. The summed E-state index contributed by atoms with van der Waals surface area (Å²) in [6, 6.07) is 4.29. The van der Waals surface area contributed by atoms with E-state index in [9.17, 15) is 14.9 Å². The molecule has 0 unspecified atom stereocenters. The number of benzene rings is 1. The van der Waals surface area contributed by atoms with Crippen LogP contribution < -0.4 is 11.3 Å². The van der Waals surface area contributed by atoms with Crippen molar-refractivity contribution in [1.82, 2.24) is 0 Å². The monoisotopic (exact) mass is 257 g/mol. The molecule has 92 valence electrons. The molecule has 0 spiro atoms. The predicted molar refractivity (Wildman–Crippen MR) is 63.6 cm³/mol. The van der Waals surface area contributed by atoms with Gasteiger partial charge < -0.3 is 10.2 Å². The van der Waals surface area contributed by atoms with E-state index in [-0.39, 0.29) is 11.4 Å². The largest absolute Gasteiger partial charge is 0.468 e. The second-order valence-electron chi connectivity index (χ2n) is 2.98. The molecule has 0 fully saturated rings. The zero-order valence-electron chi connectivity index (χ0n) is 9.00. The number of thioether (sulfide) groups is 1. The number of carbonyl (C=O) groups is 1.